The van der Waals surface area contributed by atoms with Crippen molar-refractivity contribution in [2.24, 2.45) is 0 Å². The van der Waals surface area contributed by atoms with Crippen LogP contribution in [-0.2, 0) is 42.1 Å². The van der Waals surface area contributed by atoms with Crippen LogP contribution in [0.5, 0.6) is 17.2 Å². The zero-order chi connectivity index (χ0) is 61.6. The number of fused-ring (bicyclic) bond motifs is 13. The highest BCUT2D eigenvalue weighted by Crippen LogP contribution is 2.51. The van der Waals surface area contributed by atoms with E-state index in [4.69, 9.17) is 37.4 Å². The van der Waals surface area contributed by atoms with Crippen LogP contribution in [0.3, 0.4) is 0 Å². The van der Waals surface area contributed by atoms with Crippen molar-refractivity contribution in [1.29, 1.82) is 0 Å². The summed E-state index contributed by atoms with van der Waals surface area (Å²) in [5.41, 5.74) is 5.20. The Balaban J connectivity index is 1.08. The van der Waals surface area contributed by atoms with E-state index in [9.17, 15) is 37.1 Å². The molecule has 18 nitrogen and oxygen atoms in total. The first-order valence-corrected chi connectivity index (χ1v) is 28.3. The van der Waals surface area contributed by atoms with Crippen LogP contribution in [0.25, 0.3) is 78.0 Å². The van der Waals surface area contributed by atoms with Gasteiger partial charge in [-0.15, -0.1) is 0 Å². The average molecular weight is 1200 g/mol. The summed E-state index contributed by atoms with van der Waals surface area (Å²) in [7, 11) is 4.38. The molecule has 0 spiro atoms. The molecule has 21 heteroatoms. The average Bonchev–Trinajstić information content (AvgIpc) is 1.61. The fourth-order valence-electron chi connectivity index (χ4n) is 11.5. The first kappa shape index (κ1) is 56.9. The maximum Gasteiger partial charge on any atom is 0.258 e. The number of aromatic nitrogens is 2. The fraction of sp³-hybridized carbons (Fsp3) is 0.162. The van der Waals surface area contributed by atoms with Gasteiger partial charge in [0.1, 0.15) is 81.9 Å². The zero-order valence-corrected chi connectivity index (χ0v) is 47.9. The summed E-state index contributed by atoms with van der Waals surface area (Å²) in [6.07, 6.45) is -0.268. The van der Waals surface area contributed by atoms with Gasteiger partial charge in [-0.2, -0.15) is 0 Å². The minimum Gasteiger partial charge on any atom is -0.487 e. The fourth-order valence-corrected chi connectivity index (χ4v) is 11.5. The normalized spacial score (nSPS) is 13.6. The Kier molecular flexibility index (Phi) is 15.1. The zero-order valence-electron chi connectivity index (χ0n) is 47.9. The maximum atomic E-state index is 14.9. The van der Waals surface area contributed by atoms with Gasteiger partial charge in [-0.25, -0.2) is 13.2 Å². The molecule has 0 saturated carbocycles. The largest absolute Gasteiger partial charge is 0.487 e. The van der Waals surface area contributed by atoms with Crippen LogP contribution in [0.1, 0.15) is 70.5 Å². The second-order valence-electron chi connectivity index (χ2n) is 21.1. The number of halogens is 3. The van der Waals surface area contributed by atoms with Gasteiger partial charge in [-0.3, -0.25) is 33.9 Å². The van der Waals surface area contributed by atoms with Gasteiger partial charge in [0.2, 0.25) is 5.91 Å². The molecule has 11 aromatic rings. The van der Waals surface area contributed by atoms with Gasteiger partial charge in [0.05, 0.1) is 34.5 Å². The highest BCUT2D eigenvalue weighted by molar-refractivity contribution is 6.20. The first-order valence-electron chi connectivity index (χ1n) is 28.3. The van der Waals surface area contributed by atoms with E-state index in [0.717, 1.165) is 0 Å². The Bertz CT molecular complexity index is 4690. The van der Waals surface area contributed by atoms with E-state index in [1.165, 1.54) is 93.9 Å². The number of carbonyl (C=O) groups excluding carboxylic acids is 5. The molecular formula is C68H52F3N7O11. The predicted molar refractivity (Wildman–Crippen MR) is 322 cm³/mol. The van der Waals surface area contributed by atoms with Crippen molar-refractivity contribution in [1.82, 2.24) is 36.6 Å². The molecule has 0 saturated heterocycles. The molecule has 4 bridgehead atoms. The Labute approximate surface area is 504 Å². The van der Waals surface area contributed by atoms with Gasteiger partial charge in [-0.1, -0.05) is 12.1 Å². The van der Waals surface area contributed by atoms with E-state index in [1.807, 2.05) is 18.2 Å². The molecule has 5 N–H and O–H groups in total. The van der Waals surface area contributed by atoms with Crippen LogP contribution in [0, 0.1) is 17.5 Å². The second kappa shape index (κ2) is 23.6. The third kappa shape index (κ3) is 10.8. The summed E-state index contributed by atoms with van der Waals surface area (Å²) in [6, 6.07) is 33.9. The molecule has 0 atom stereocenters. The predicted octanol–water partition coefficient (Wildman–Crippen LogP) is 10.7. The molecule has 2 aliphatic heterocycles. The van der Waals surface area contributed by atoms with Gasteiger partial charge in [0, 0.05) is 119 Å². The molecule has 0 aliphatic carbocycles. The topological polar surface area (TPSA) is 238 Å². The Morgan fingerprint density at radius 1 is 0.438 bits per heavy atom. The maximum absolute atomic E-state index is 14.9. The molecule has 13 rings (SSSR count). The lowest BCUT2D eigenvalue weighted by atomic mass is 9.90. The summed E-state index contributed by atoms with van der Waals surface area (Å²) >= 11 is 0. The Morgan fingerprint density at radius 3 is 1.30 bits per heavy atom. The van der Waals surface area contributed by atoms with E-state index in [1.54, 1.807) is 42.5 Å². The number of nitrogens with zero attached hydrogens (tertiary/aromatic N) is 2. The number of pyridine rings is 2. The lowest BCUT2D eigenvalue weighted by Gasteiger charge is -2.19. The van der Waals surface area contributed by atoms with Gasteiger partial charge < -0.3 is 54.0 Å². The first-order chi connectivity index (χ1) is 43.2. The summed E-state index contributed by atoms with van der Waals surface area (Å²) < 4.78 is 84.2. The SMILES string of the molecule is CNC(=O)c1c(-c2ccc(F)cc2)oc2ccc3c(c12)Cc1cccc(n1)COc1cc(-c2cc4c(c5c(C(=O)NC)c(-c6ccc(F)cc6)oc25)CC(=O)NCCNC(=O)CO4)c2oc(-c4ccc(F)cc4)c(C(=O)NC)c2c1Cc1cccc(n1)CO3. The molecule has 2 aliphatic rings. The molecule has 446 valence electrons. The van der Waals surface area contributed by atoms with Gasteiger partial charge in [0.25, 0.3) is 23.6 Å². The summed E-state index contributed by atoms with van der Waals surface area (Å²) in [5.74, 6) is -3.41. The number of amides is 5. The molecule has 7 heterocycles. The van der Waals surface area contributed by atoms with Crippen molar-refractivity contribution < 1.29 is 64.6 Å². The Morgan fingerprint density at radius 2 is 0.831 bits per heavy atom. The smallest absolute Gasteiger partial charge is 0.258 e. The number of hydrogen-bond donors (Lipinski definition) is 5. The van der Waals surface area contributed by atoms with Crippen molar-refractivity contribution in [3.8, 4) is 62.3 Å². The number of carbonyl (C=O) groups is 5. The van der Waals surface area contributed by atoms with Gasteiger partial charge in [0.15, 0.2) is 6.61 Å². The lowest BCUT2D eigenvalue weighted by Crippen LogP contribution is -2.36. The number of rotatable bonds is 7. The number of nitrogens with one attached hydrogen (secondary N) is 5. The number of hydrogen-bond acceptors (Lipinski definition) is 13. The highest BCUT2D eigenvalue weighted by atomic mass is 19.1. The molecule has 6 aromatic carbocycles. The lowest BCUT2D eigenvalue weighted by molar-refractivity contribution is -0.123. The quantitative estimate of drug-likeness (QED) is 0.0999. The van der Waals surface area contributed by atoms with Crippen molar-refractivity contribution in [2.75, 3.05) is 40.8 Å². The molecule has 0 unspecified atom stereocenters. The van der Waals surface area contributed by atoms with Gasteiger partial charge >= 0.3 is 0 Å². The molecule has 0 radical (unpaired) electrons. The summed E-state index contributed by atoms with van der Waals surface area (Å²) in [4.78, 5) is 80.9. The monoisotopic (exact) mass is 1200 g/mol. The minimum absolute atomic E-state index is 0.00178. The van der Waals surface area contributed by atoms with Crippen LogP contribution in [0.2, 0.25) is 0 Å². The van der Waals surface area contributed by atoms with Crippen molar-refractivity contribution in [3.63, 3.8) is 0 Å². The second-order valence-corrected chi connectivity index (χ2v) is 21.1. The van der Waals surface area contributed by atoms with Crippen molar-refractivity contribution in [2.45, 2.75) is 32.5 Å². The van der Waals surface area contributed by atoms with Gasteiger partial charge in [-0.05, 0) is 121 Å². The van der Waals surface area contributed by atoms with Crippen molar-refractivity contribution in [3.05, 3.63) is 207 Å². The van der Waals surface area contributed by atoms with Crippen molar-refractivity contribution >= 4 is 62.4 Å². The van der Waals surface area contributed by atoms with Crippen LogP contribution >= 0.6 is 0 Å². The van der Waals surface area contributed by atoms with Crippen LogP contribution in [-0.4, -0.2) is 80.3 Å². The molecule has 5 amide bonds. The molecular weight excluding hydrogens is 1150 g/mol. The van der Waals surface area contributed by atoms with Crippen LogP contribution in [0.15, 0.2) is 147 Å². The van der Waals surface area contributed by atoms with E-state index in [0.29, 0.717) is 67.3 Å². The van der Waals surface area contributed by atoms with E-state index in [-0.39, 0.29) is 130 Å². The Hall–Kier alpha value is -11.2. The van der Waals surface area contributed by atoms with E-state index >= 15 is 0 Å². The summed E-state index contributed by atoms with van der Waals surface area (Å²) in [6.45, 7) is -0.598. The molecule has 0 fully saturated rings. The number of furan rings is 3. The number of benzene rings is 6. The van der Waals surface area contributed by atoms with E-state index in [2.05, 4.69) is 26.6 Å². The van der Waals surface area contributed by atoms with Crippen LogP contribution in [0.4, 0.5) is 13.2 Å². The third-order valence-corrected chi connectivity index (χ3v) is 15.6. The molecule has 5 aromatic heterocycles. The third-order valence-electron chi connectivity index (χ3n) is 15.6. The van der Waals surface area contributed by atoms with Crippen LogP contribution < -0.4 is 40.8 Å². The molecule has 89 heavy (non-hydrogen) atoms. The number of ether oxygens (including phenoxy) is 3. The standard InChI is InChI=1S/C68H52F3N7O11/c1-72-66(81)58-55-46-26-40-6-4-9-43(77-40)32-85-51-28-44(45-29-52-48(30-53(79)75-24-25-76-54(80)33-86-52)57-60(68(83)74-3)63(89-65(45)57)36-14-20-39(71)21-15-36)64-56(59(67(82)73-2)62(88-64)35-12-18-38(70)19-13-35)47(51)27-41-7-5-8-42(78-41)31-84-49(46)22-23-50(55)87-61(58)34-10-16-37(69)17-11-34/h4-23,28-29H,24-27,30-33H2,1-3H3,(H,72,81)(H,73,82)(H,74,83)(H,75,79)(H,76,80). The minimum atomic E-state index is -0.647. The summed E-state index contributed by atoms with van der Waals surface area (Å²) in [5, 5.41) is 14.6. The van der Waals surface area contributed by atoms with E-state index < -0.39 is 53.6 Å². The highest BCUT2D eigenvalue weighted by Gasteiger charge is 2.35.